The molecule has 0 radical (unpaired) electrons. The second-order valence-corrected chi connectivity index (χ2v) is 17.2. The summed E-state index contributed by atoms with van der Waals surface area (Å²) in [7, 11) is 2.15. The van der Waals surface area contributed by atoms with Gasteiger partial charge < -0.3 is 19.5 Å². The average Bonchev–Trinajstić information content (AvgIpc) is 3.12. The Balaban J connectivity index is 4.72. The maximum Gasteiger partial charge on any atom is 0.306 e. The lowest BCUT2D eigenvalue weighted by molar-refractivity contribution is -0.149. The molecular weight excluding hydrogens is 675 g/mol. The van der Waals surface area contributed by atoms with E-state index in [0.717, 1.165) is 100 Å². The van der Waals surface area contributed by atoms with Gasteiger partial charge in [-0.15, -0.1) is 0 Å². The summed E-state index contributed by atoms with van der Waals surface area (Å²) in [4.78, 5) is 28.1. The Morgan fingerprint density at radius 2 is 0.922 bits per heavy atom. The van der Waals surface area contributed by atoms with Gasteiger partial charge in [-0.1, -0.05) is 118 Å². The number of carbonyl (C=O) groups excluding carboxylic acids is 2. The SMILES string of the molecule is CCCCCCSCC(CCCCCC)OC(=O)CCCCC(CCCCC(=O)OC(CCCCCC)CSCCCCCC)N(C)CCCO. The second-order valence-electron chi connectivity index (χ2n) is 14.9. The Hall–Kier alpha value is -0.440. The van der Waals surface area contributed by atoms with E-state index >= 15 is 0 Å². The Morgan fingerprint density at radius 3 is 1.31 bits per heavy atom. The Labute approximate surface area is 325 Å². The molecule has 304 valence electrons. The van der Waals surface area contributed by atoms with Gasteiger partial charge in [-0.2, -0.15) is 23.5 Å². The molecule has 0 amide bonds. The molecule has 8 heteroatoms. The molecule has 6 nitrogen and oxygen atoms in total. The van der Waals surface area contributed by atoms with E-state index in [1.165, 1.54) is 89.9 Å². The highest BCUT2D eigenvalue weighted by Crippen LogP contribution is 2.21. The van der Waals surface area contributed by atoms with Gasteiger partial charge in [0, 0.05) is 43.5 Å². The van der Waals surface area contributed by atoms with E-state index in [9.17, 15) is 14.7 Å². The molecule has 0 saturated heterocycles. The van der Waals surface area contributed by atoms with Crippen molar-refractivity contribution in [2.24, 2.45) is 0 Å². The number of hydrogen-bond acceptors (Lipinski definition) is 8. The van der Waals surface area contributed by atoms with E-state index < -0.39 is 0 Å². The molecule has 0 bridgehead atoms. The van der Waals surface area contributed by atoms with Gasteiger partial charge in [0.15, 0.2) is 0 Å². The van der Waals surface area contributed by atoms with E-state index in [0.29, 0.717) is 18.9 Å². The number of aliphatic hydroxyl groups excluding tert-OH is 1. The topological polar surface area (TPSA) is 76.1 Å². The van der Waals surface area contributed by atoms with Gasteiger partial charge in [0.05, 0.1) is 0 Å². The summed E-state index contributed by atoms with van der Waals surface area (Å²) in [5.41, 5.74) is 0. The minimum absolute atomic E-state index is 0.0377. The molecular formula is C43H85NO5S2. The van der Waals surface area contributed by atoms with Crippen LogP contribution in [-0.2, 0) is 19.1 Å². The lowest BCUT2D eigenvalue weighted by Crippen LogP contribution is -2.33. The lowest BCUT2D eigenvalue weighted by Gasteiger charge is -2.28. The molecule has 0 rings (SSSR count). The van der Waals surface area contributed by atoms with Crippen LogP contribution in [0.1, 0.15) is 201 Å². The number of esters is 2. The quantitative estimate of drug-likeness (QED) is 0.0489. The third kappa shape index (κ3) is 33.8. The van der Waals surface area contributed by atoms with Crippen LogP contribution in [0.15, 0.2) is 0 Å². The molecule has 0 aromatic carbocycles. The largest absolute Gasteiger partial charge is 0.461 e. The van der Waals surface area contributed by atoms with E-state index in [4.69, 9.17) is 9.47 Å². The summed E-state index contributed by atoms with van der Waals surface area (Å²) in [6.07, 6.45) is 29.4. The number of thioether (sulfide) groups is 2. The maximum atomic E-state index is 12.9. The molecule has 2 unspecified atom stereocenters. The minimum Gasteiger partial charge on any atom is -0.461 e. The fourth-order valence-corrected chi connectivity index (χ4v) is 8.66. The zero-order chi connectivity index (χ0) is 37.6. The first-order valence-corrected chi connectivity index (χ1v) is 24.1. The molecule has 0 saturated carbocycles. The fourth-order valence-electron chi connectivity index (χ4n) is 6.52. The monoisotopic (exact) mass is 760 g/mol. The van der Waals surface area contributed by atoms with Gasteiger partial charge in [-0.3, -0.25) is 9.59 Å². The predicted molar refractivity (Wildman–Crippen MR) is 225 cm³/mol. The zero-order valence-electron chi connectivity index (χ0n) is 34.4. The number of rotatable bonds is 40. The number of carbonyl (C=O) groups is 2. The Kier molecular flexibility index (Phi) is 38.9. The van der Waals surface area contributed by atoms with Crippen LogP contribution in [0.5, 0.6) is 0 Å². The van der Waals surface area contributed by atoms with Gasteiger partial charge in [0.25, 0.3) is 0 Å². The average molecular weight is 760 g/mol. The molecule has 0 aliphatic rings. The Morgan fingerprint density at radius 1 is 0.529 bits per heavy atom. The van der Waals surface area contributed by atoms with Crippen LogP contribution in [0.4, 0.5) is 0 Å². The molecule has 1 N–H and O–H groups in total. The zero-order valence-corrected chi connectivity index (χ0v) is 36.0. The first-order valence-electron chi connectivity index (χ1n) is 21.8. The molecule has 2 atom stereocenters. The highest BCUT2D eigenvalue weighted by Gasteiger charge is 2.18. The summed E-state index contributed by atoms with van der Waals surface area (Å²) >= 11 is 3.91. The van der Waals surface area contributed by atoms with Crippen molar-refractivity contribution in [2.45, 2.75) is 219 Å². The van der Waals surface area contributed by atoms with Gasteiger partial charge in [-0.25, -0.2) is 0 Å². The molecule has 51 heavy (non-hydrogen) atoms. The summed E-state index contributed by atoms with van der Waals surface area (Å²) in [6.45, 7) is 10.0. The summed E-state index contributed by atoms with van der Waals surface area (Å²) in [5, 5.41) is 9.42. The molecule has 0 aliphatic carbocycles. The number of hydrogen-bond donors (Lipinski definition) is 1. The summed E-state index contributed by atoms with van der Waals surface area (Å²) in [5.74, 6) is 4.09. The van der Waals surface area contributed by atoms with Crippen LogP contribution < -0.4 is 0 Å². The van der Waals surface area contributed by atoms with Crippen molar-refractivity contribution < 1.29 is 24.2 Å². The van der Waals surface area contributed by atoms with Crippen LogP contribution >= 0.6 is 23.5 Å². The standard InChI is InChI=1S/C43H85NO5S2/c1-6-10-14-18-29-40(37-50-35-24-16-12-8-3)48-42(46)31-22-20-27-39(44(5)33-26-34-45)28-21-23-32-43(47)49-41(30-19-15-11-7-2)38-51-36-25-17-13-9-4/h39-41,45H,6-38H2,1-5H3. The predicted octanol–water partition coefficient (Wildman–Crippen LogP) is 12.2. The van der Waals surface area contributed by atoms with Crippen molar-refractivity contribution in [3.05, 3.63) is 0 Å². The van der Waals surface area contributed by atoms with Crippen LogP contribution in [0, 0.1) is 0 Å². The van der Waals surface area contributed by atoms with Crippen molar-refractivity contribution in [3.8, 4) is 0 Å². The van der Waals surface area contributed by atoms with Crippen LogP contribution in [0.2, 0.25) is 0 Å². The lowest BCUT2D eigenvalue weighted by atomic mass is 10.00. The summed E-state index contributed by atoms with van der Waals surface area (Å²) in [6, 6.07) is 0.384. The van der Waals surface area contributed by atoms with Gasteiger partial charge >= 0.3 is 11.9 Å². The van der Waals surface area contributed by atoms with E-state index in [1.807, 2.05) is 23.5 Å². The summed E-state index contributed by atoms with van der Waals surface area (Å²) < 4.78 is 12.1. The third-order valence-corrected chi connectivity index (χ3v) is 12.2. The van der Waals surface area contributed by atoms with Crippen LogP contribution in [-0.4, -0.2) is 83.4 Å². The van der Waals surface area contributed by atoms with Gasteiger partial charge in [-0.05, 0) is 89.2 Å². The Bertz CT molecular complexity index is 704. The van der Waals surface area contributed by atoms with Crippen LogP contribution in [0.3, 0.4) is 0 Å². The van der Waals surface area contributed by atoms with Crippen molar-refractivity contribution in [3.63, 3.8) is 0 Å². The van der Waals surface area contributed by atoms with Crippen molar-refractivity contribution in [1.29, 1.82) is 0 Å². The smallest absolute Gasteiger partial charge is 0.306 e. The first-order chi connectivity index (χ1) is 24.9. The first kappa shape index (κ1) is 50.6. The highest BCUT2D eigenvalue weighted by atomic mass is 32.2. The van der Waals surface area contributed by atoms with Crippen molar-refractivity contribution in [2.75, 3.05) is 43.2 Å². The number of ether oxygens (including phenoxy) is 2. The van der Waals surface area contributed by atoms with E-state index in [-0.39, 0.29) is 30.8 Å². The molecule has 0 heterocycles. The molecule has 0 aliphatic heterocycles. The minimum atomic E-state index is -0.0377. The number of aliphatic hydroxyl groups is 1. The molecule has 0 fully saturated rings. The molecule has 0 spiro atoms. The third-order valence-electron chi connectivity index (χ3n) is 9.88. The van der Waals surface area contributed by atoms with E-state index in [1.54, 1.807) is 0 Å². The maximum absolute atomic E-state index is 12.9. The van der Waals surface area contributed by atoms with Crippen LogP contribution in [0.25, 0.3) is 0 Å². The van der Waals surface area contributed by atoms with Crippen molar-refractivity contribution >= 4 is 35.5 Å². The molecule has 0 aromatic heterocycles. The normalized spacial score (nSPS) is 13.4. The van der Waals surface area contributed by atoms with E-state index in [2.05, 4.69) is 39.6 Å². The number of nitrogens with zero attached hydrogens (tertiary/aromatic N) is 1. The second kappa shape index (κ2) is 39.3. The van der Waals surface area contributed by atoms with Gasteiger partial charge in [0.2, 0.25) is 0 Å². The van der Waals surface area contributed by atoms with Gasteiger partial charge in [0.1, 0.15) is 12.2 Å². The molecule has 0 aromatic rings. The fraction of sp³-hybridized carbons (Fsp3) is 0.953. The van der Waals surface area contributed by atoms with Crippen molar-refractivity contribution in [1.82, 2.24) is 4.90 Å². The number of unbranched alkanes of at least 4 members (excludes halogenated alkanes) is 14. The highest BCUT2D eigenvalue weighted by molar-refractivity contribution is 7.99.